The summed E-state index contributed by atoms with van der Waals surface area (Å²) >= 11 is 0. The summed E-state index contributed by atoms with van der Waals surface area (Å²) < 4.78 is 10.8. The molecule has 2 atom stereocenters. The number of ether oxygens (including phenoxy) is 2. The standard InChI is InChI=1S/C14H20O2/c1-14(2)11(10-8-6-5-7-9-10)12(14)13(15-3)16-4/h5-9,11-13H,1-4H3/t11-,12+/m0/s1. The molecule has 0 aromatic heterocycles. The highest BCUT2D eigenvalue weighted by Crippen LogP contribution is 2.66. The van der Waals surface area contributed by atoms with Gasteiger partial charge in [-0.05, 0) is 16.9 Å². The van der Waals surface area contributed by atoms with Crippen LogP contribution in [0.1, 0.15) is 25.3 Å². The molecule has 1 saturated carbocycles. The Morgan fingerprint density at radius 1 is 1.06 bits per heavy atom. The third kappa shape index (κ3) is 1.76. The molecule has 0 radical (unpaired) electrons. The van der Waals surface area contributed by atoms with Gasteiger partial charge in [-0.25, -0.2) is 0 Å². The minimum absolute atomic E-state index is 0.0970. The predicted molar refractivity (Wildman–Crippen MR) is 64.3 cm³/mol. The molecule has 1 fully saturated rings. The normalized spacial score (nSPS) is 27.1. The van der Waals surface area contributed by atoms with E-state index in [2.05, 4.69) is 44.2 Å². The van der Waals surface area contributed by atoms with Gasteiger partial charge in [0.15, 0.2) is 6.29 Å². The molecule has 0 aliphatic heterocycles. The van der Waals surface area contributed by atoms with Crippen LogP contribution in [0.4, 0.5) is 0 Å². The van der Waals surface area contributed by atoms with Crippen molar-refractivity contribution in [2.75, 3.05) is 14.2 Å². The van der Waals surface area contributed by atoms with E-state index in [0.29, 0.717) is 11.8 Å². The van der Waals surface area contributed by atoms with Crippen LogP contribution >= 0.6 is 0 Å². The summed E-state index contributed by atoms with van der Waals surface area (Å²) in [5.74, 6) is 0.989. The third-order valence-corrected chi connectivity index (χ3v) is 3.83. The monoisotopic (exact) mass is 220 g/mol. The van der Waals surface area contributed by atoms with E-state index in [4.69, 9.17) is 9.47 Å². The number of hydrogen-bond acceptors (Lipinski definition) is 2. The van der Waals surface area contributed by atoms with Crippen LogP contribution < -0.4 is 0 Å². The summed E-state index contributed by atoms with van der Waals surface area (Å²) in [7, 11) is 3.43. The van der Waals surface area contributed by atoms with Crippen LogP contribution in [0.3, 0.4) is 0 Å². The van der Waals surface area contributed by atoms with Crippen molar-refractivity contribution in [2.24, 2.45) is 11.3 Å². The molecule has 0 spiro atoms. The van der Waals surface area contributed by atoms with Gasteiger partial charge in [0.2, 0.25) is 0 Å². The lowest BCUT2D eigenvalue weighted by Crippen LogP contribution is -2.18. The average molecular weight is 220 g/mol. The molecule has 0 N–H and O–H groups in total. The summed E-state index contributed by atoms with van der Waals surface area (Å²) in [6.45, 7) is 4.56. The maximum Gasteiger partial charge on any atom is 0.160 e. The lowest BCUT2D eigenvalue weighted by molar-refractivity contribution is -0.122. The van der Waals surface area contributed by atoms with E-state index in [-0.39, 0.29) is 11.7 Å². The molecular formula is C14H20O2. The zero-order chi connectivity index (χ0) is 11.8. The fourth-order valence-corrected chi connectivity index (χ4v) is 2.87. The van der Waals surface area contributed by atoms with Crippen molar-refractivity contribution in [3.8, 4) is 0 Å². The molecule has 1 aromatic rings. The molecule has 0 heterocycles. The highest BCUT2D eigenvalue weighted by atomic mass is 16.7. The largest absolute Gasteiger partial charge is 0.356 e. The highest BCUT2D eigenvalue weighted by Gasteiger charge is 2.62. The Labute approximate surface area is 97.6 Å². The van der Waals surface area contributed by atoms with Gasteiger partial charge in [-0.1, -0.05) is 44.2 Å². The fourth-order valence-electron chi connectivity index (χ4n) is 2.87. The van der Waals surface area contributed by atoms with Gasteiger partial charge in [0.25, 0.3) is 0 Å². The minimum Gasteiger partial charge on any atom is -0.356 e. The zero-order valence-electron chi connectivity index (χ0n) is 10.4. The van der Waals surface area contributed by atoms with E-state index < -0.39 is 0 Å². The van der Waals surface area contributed by atoms with Crippen molar-refractivity contribution in [3.05, 3.63) is 35.9 Å². The zero-order valence-corrected chi connectivity index (χ0v) is 10.4. The fraction of sp³-hybridized carbons (Fsp3) is 0.571. The quantitative estimate of drug-likeness (QED) is 0.726. The maximum absolute atomic E-state index is 5.39. The Morgan fingerprint density at radius 3 is 2.12 bits per heavy atom. The van der Waals surface area contributed by atoms with Crippen LogP contribution in [0, 0.1) is 11.3 Å². The van der Waals surface area contributed by atoms with E-state index in [1.165, 1.54) is 5.56 Å². The maximum atomic E-state index is 5.39. The van der Waals surface area contributed by atoms with Crippen LogP contribution in [0.25, 0.3) is 0 Å². The Morgan fingerprint density at radius 2 is 1.62 bits per heavy atom. The Balaban J connectivity index is 2.19. The summed E-state index contributed by atoms with van der Waals surface area (Å²) in [6.07, 6.45) is -0.0970. The van der Waals surface area contributed by atoms with E-state index in [1.807, 2.05) is 0 Å². The van der Waals surface area contributed by atoms with Gasteiger partial charge in [0, 0.05) is 20.1 Å². The van der Waals surface area contributed by atoms with E-state index in [0.717, 1.165) is 0 Å². The first-order chi connectivity index (χ1) is 7.62. The molecule has 0 saturated heterocycles. The predicted octanol–water partition coefficient (Wildman–Crippen LogP) is 3.05. The van der Waals surface area contributed by atoms with Gasteiger partial charge in [-0.3, -0.25) is 0 Å². The van der Waals surface area contributed by atoms with Crippen LogP contribution in [0.5, 0.6) is 0 Å². The average Bonchev–Trinajstić information content (AvgIpc) is 2.85. The van der Waals surface area contributed by atoms with Gasteiger partial charge in [0.1, 0.15) is 0 Å². The molecule has 88 valence electrons. The second kappa shape index (κ2) is 4.19. The molecule has 2 nitrogen and oxygen atoms in total. The first kappa shape index (κ1) is 11.6. The first-order valence-corrected chi connectivity index (χ1v) is 5.73. The van der Waals surface area contributed by atoms with Crippen molar-refractivity contribution < 1.29 is 9.47 Å². The second-order valence-corrected chi connectivity index (χ2v) is 5.08. The molecule has 0 amide bonds. The molecule has 0 unspecified atom stereocenters. The summed E-state index contributed by atoms with van der Waals surface area (Å²) in [4.78, 5) is 0. The van der Waals surface area contributed by atoms with Crippen LogP contribution in [0.15, 0.2) is 30.3 Å². The number of methoxy groups -OCH3 is 2. The van der Waals surface area contributed by atoms with Gasteiger partial charge in [-0.15, -0.1) is 0 Å². The summed E-state index contributed by atoms with van der Waals surface area (Å²) in [6, 6.07) is 10.6. The van der Waals surface area contributed by atoms with E-state index >= 15 is 0 Å². The van der Waals surface area contributed by atoms with E-state index in [1.54, 1.807) is 14.2 Å². The van der Waals surface area contributed by atoms with Crippen LogP contribution in [0.2, 0.25) is 0 Å². The summed E-state index contributed by atoms with van der Waals surface area (Å²) in [5, 5.41) is 0. The van der Waals surface area contributed by atoms with E-state index in [9.17, 15) is 0 Å². The SMILES string of the molecule is COC(OC)[C@H]1[C@H](c2ccccc2)C1(C)C. The number of rotatable bonds is 4. The molecule has 2 heteroatoms. The molecule has 2 rings (SSSR count). The number of hydrogen-bond donors (Lipinski definition) is 0. The van der Waals surface area contributed by atoms with Gasteiger partial charge in [-0.2, -0.15) is 0 Å². The van der Waals surface area contributed by atoms with Crippen molar-refractivity contribution in [1.82, 2.24) is 0 Å². The molecule has 0 bridgehead atoms. The Kier molecular flexibility index (Phi) is 3.04. The Hall–Kier alpha value is -0.860. The highest BCUT2D eigenvalue weighted by molar-refractivity contribution is 5.31. The van der Waals surface area contributed by atoms with Gasteiger partial charge < -0.3 is 9.47 Å². The first-order valence-electron chi connectivity index (χ1n) is 5.73. The Bertz CT molecular complexity index is 341. The van der Waals surface area contributed by atoms with Crippen molar-refractivity contribution >= 4 is 0 Å². The number of benzene rings is 1. The molecule has 1 aliphatic rings. The molecule has 1 aliphatic carbocycles. The lowest BCUT2D eigenvalue weighted by atomic mass is 10.0. The lowest BCUT2D eigenvalue weighted by Gasteiger charge is -2.14. The van der Waals surface area contributed by atoms with Gasteiger partial charge >= 0.3 is 0 Å². The van der Waals surface area contributed by atoms with Crippen molar-refractivity contribution in [1.29, 1.82) is 0 Å². The van der Waals surface area contributed by atoms with Crippen molar-refractivity contribution in [3.63, 3.8) is 0 Å². The smallest absolute Gasteiger partial charge is 0.160 e. The van der Waals surface area contributed by atoms with Crippen LogP contribution in [-0.2, 0) is 9.47 Å². The molecular weight excluding hydrogens is 200 g/mol. The summed E-state index contributed by atoms with van der Waals surface area (Å²) in [5.41, 5.74) is 1.65. The van der Waals surface area contributed by atoms with Gasteiger partial charge in [0.05, 0.1) is 0 Å². The van der Waals surface area contributed by atoms with Crippen LogP contribution in [-0.4, -0.2) is 20.5 Å². The third-order valence-electron chi connectivity index (χ3n) is 3.83. The topological polar surface area (TPSA) is 18.5 Å². The van der Waals surface area contributed by atoms with Crippen molar-refractivity contribution in [2.45, 2.75) is 26.1 Å². The molecule has 1 aromatic carbocycles. The second-order valence-electron chi connectivity index (χ2n) is 5.08. The minimum atomic E-state index is -0.0970. The molecule has 16 heavy (non-hydrogen) atoms.